The standard InChI is InChI=1S/C46H30N2O/c1-2-10-29(11-3-1)35-24-25-43-39(27-35)41-28-40(36-14-6-7-15-37(36)45(41)49-43)44-38-16-8-9-17-42(38)47-46(48-44)32-21-18-31(19-22-32)34-23-20-30-12-4-5-13-33(30)26-34/h1-3,5-11,13-28H,4,12H2. The summed E-state index contributed by atoms with van der Waals surface area (Å²) in [5, 5.41) is 5.36. The zero-order chi connectivity index (χ0) is 32.3. The summed E-state index contributed by atoms with van der Waals surface area (Å²) in [6.07, 6.45) is 6.74. The number of benzene rings is 7. The van der Waals surface area contributed by atoms with E-state index in [0.29, 0.717) is 5.82 Å². The van der Waals surface area contributed by atoms with Crippen LogP contribution in [0.2, 0.25) is 0 Å². The van der Waals surface area contributed by atoms with Crippen LogP contribution in [0.1, 0.15) is 17.5 Å². The largest absolute Gasteiger partial charge is 0.455 e. The first-order valence-electron chi connectivity index (χ1n) is 16.9. The summed E-state index contributed by atoms with van der Waals surface area (Å²) in [6.45, 7) is 0. The number of hydrogen-bond acceptors (Lipinski definition) is 3. The van der Waals surface area contributed by atoms with Crippen molar-refractivity contribution in [1.29, 1.82) is 0 Å². The van der Waals surface area contributed by atoms with Gasteiger partial charge in [0.1, 0.15) is 11.2 Å². The predicted octanol–water partition coefficient (Wildman–Crippen LogP) is 12.3. The van der Waals surface area contributed by atoms with E-state index in [9.17, 15) is 0 Å². The van der Waals surface area contributed by atoms with Gasteiger partial charge in [-0.15, -0.1) is 0 Å². The number of rotatable bonds is 4. The van der Waals surface area contributed by atoms with Gasteiger partial charge in [-0.2, -0.15) is 0 Å². The maximum absolute atomic E-state index is 6.57. The molecule has 0 aliphatic heterocycles. The molecule has 2 heterocycles. The average molecular weight is 627 g/mol. The molecule has 0 unspecified atom stereocenters. The topological polar surface area (TPSA) is 38.9 Å². The normalized spacial score (nSPS) is 12.7. The lowest BCUT2D eigenvalue weighted by Crippen LogP contribution is -1.96. The minimum Gasteiger partial charge on any atom is -0.455 e. The molecule has 0 saturated heterocycles. The van der Waals surface area contributed by atoms with Gasteiger partial charge in [0.25, 0.3) is 0 Å². The van der Waals surface area contributed by atoms with Crippen LogP contribution >= 0.6 is 0 Å². The second-order valence-corrected chi connectivity index (χ2v) is 12.9. The van der Waals surface area contributed by atoms with Gasteiger partial charge < -0.3 is 4.42 Å². The van der Waals surface area contributed by atoms with Crippen LogP contribution in [-0.4, -0.2) is 9.97 Å². The number of fused-ring (bicyclic) bond motifs is 7. The van der Waals surface area contributed by atoms with E-state index >= 15 is 0 Å². The van der Waals surface area contributed by atoms with E-state index in [1.807, 2.05) is 6.07 Å². The minimum absolute atomic E-state index is 0.709. The van der Waals surface area contributed by atoms with Crippen LogP contribution in [-0.2, 0) is 6.42 Å². The van der Waals surface area contributed by atoms with Gasteiger partial charge in [-0.3, -0.25) is 0 Å². The summed E-state index contributed by atoms with van der Waals surface area (Å²) >= 11 is 0. The molecule has 0 atom stereocenters. The number of aromatic nitrogens is 2. The third-order valence-corrected chi connectivity index (χ3v) is 9.94. The van der Waals surface area contributed by atoms with Crippen molar-refractivity contribution in [2.45, 2.75) is 12.8 Å². The highest BCUT2D eigenvalue weighted by Crippen LogP contribution is 2.42. The number of hydrogen-bond donors (Lipinski definition) is 0. The Morgan fingerprint density at radius 3 is 2.06 bits per heavy atom. The lowest BCUT2D eigenvalue weighted by Gasteiger charge is -2.13. The molecule has 7 aromatic carbocycles. The van der Waals surface area contributed by atoms with Crippen molar-refractivity contribution in [3.8, 4) is 44.9 Å². The second-order valence-electron chi connectivity index (χ2n) is 12.9. The highest BCUT2D eigenvalue weighted by Gasteiger charge is 2.19. The fourth-order valence-electron chi connectivity index (χ4n) is 7.43. The Morgan fingerprint density at radius 1 is 0.490 bits per heavy atom. The SMILES string of the molecule is C1=Cc2cc(-c3ccc(-c4nc(-c5cc6c7cc(-c8ccccc8)ccc7oc6c6ccccc56)c5ccccc5n4)cc3)ccc2CC1. The number of furan rings is 1. The highest BCUT2D eigenvalue weighted by atomic mass is 16.3. The summed E-state index contributed by atoms with van der Waals surface area (Å²) in [5.41, 5.74) is 13.1. The van der Waals surface area contributed by atoms with E-state index in [4.69, 9.17) is 14.4 Å². The van der Waals surface area contributed by atoms with E-state index in [-0.39, 0.29) is 0 Å². The molecule has 0 N–H and O–H groups in total. The first kappa shape index (κ1) is 27.8. The Morgan fingerprint density at radius 2 is 1.18 bits per heavy atom. The summed E-state index contributed by atoms with van der Waals surface area (Å²) in [6, 6.07) is 51.6. The van der Waals surface area contributed by atoms with Crippen LogP contribution in [0.5, 0.6) is 0 Å². The van der Waals surface area contributed by atoms with Crippen LogP contribution < -0.4 is 0 Å². The highest BCUT2D eigenvalue weighted by molar-refractivity contribution is 6.20. The molecule has 10 rings (SSSR count). The van der Waals surface area contributed by atoms with E-state index in [2.05, 4.69) is 152 Å². The second kappa shape index (κ2) is 11.1. The third-order valence-electron chi connectivity index (χ3n) is 9.94. The molecule has 3 nitrogen and oxygen atoms in total. The van der Waals surface area contributed by atoms with Crippen molar-refractivity contribution < 1.29 is 4.42 Å². The van der Waals surface area contributed by atoms with Crippen molar-refractivity contribution >= 4 is 49.7 Å². The smallest absolute Gasteiger partial charge is 0.160 e. The van der Waals surface area contributed by atoms with Crippen LogP contribution in [0.25, 0.3) is 94.6 Å². The first-order chi connectivity index (χ1) is 24.3. The molecule has 0 amide bonds. The number of nitrogens with zero attached hydrogens (tertiary/aromatic N) is 2. The van der Waals surface area contributed by atoms with Crippen LogP contribution in [0, 0.1) is 0 Å². The fourth-order valence-corrected chi connectivity index (χ4v) is 7.43. The van der Waals surface area contributed by atoms with Crippen LogP contribution in [0.3, 0.4) is 0 Å². The molecule has 0 bridgehead atoms. The van der Waals surface area contributed by atoms with Crippen molar-refractivity contribution in [3.63, 3.8) is 0 Å². The Balaban J connectivity index is 1.15. The maximum Gasteiger partial charge on any atom is 0.160 e. The Hall–Kier alpha value is -6.32. The molecule has 1 aliphatic carbocycles. The van der Waals surface area contributed by atoms with Gasteiger partial charge in [-0.05, 0) is 81.9 Å². The van der Waals surface area contributed by atoms with E-state index in [0.717, 1.165) is 78.8 Å². The van der Waals surface area contributed by atoms with E-state index in [1.165, 1.54) is 27.8 Å². The first-order valence-corrected chi connectivity index (χ1v) is 16.9. The number of allylic oxidation sites excluding steroid dienone is 1. The van der Waals surface area contributed by atoms with E-state index < -0.39 is 0 Å². The Bertz CT molecular complexity index is 2760. The number of aryl methyl sites for hydroxylation is 1. The van der Waals surface area contributed by atoms with Gasteiger partial charge in [0, 0.05) is 32.7 Å². The van der Waals surface area contributed by atoms with Crippen LogP contribution in [0.4, 0.5) is 0 Å². The summed E-state index contributed by atoms with van der Waals surface area (Å²) in [7, 11) is 0. The van der Waals surface area contributed by atoms with E-state index in [1.54, 1.807) is 0 Å². The van der Waals surface area contributed by atoms with Gasteiger partial charge in [0.05, 0.1) is 11.2 Å². The van der Waals surface area contributed by atoms with Gasteiger partial charge >= 0.3 is 0 Å². The summed E-state index contributed by atoms with van der Waals surface area (Å²) < 4.78 is 6.57. The zero-order valence-electron chi connectivity index (χ0n) is 26.7. The molecule has 0 fully saturated rings. The third kappa shape index (κ3) is 4.66. The molecule has 49 heavy (non-hydrogen) atoms. The Labute approximate surface area is 283 Å². The van der Waals surface area contributed by atoms with Crippen molar-refractivity contribution in [3.05, 3.63) is 163 Å². The fraction of sp³-hybridized carbons (Fsp3) is 0.0435. The average Bonchev–Trinajstić information content (AvgIpc) is 3.55. The van der Waals surface area contributed by atoms with Gasteiger partial charge in [0.15, 0.2) is 5.82 Å². The quantitative estimate of drug-likeness (QED) is 0.195. The lowest BCUT2D eigenvalue weighted by molar-refractivity contribution is 0.673. The van der Waals surface area contributed by atoms with Crippen LogP contribution in [0.15, 0.2) is 156 Å². The Kier molecular flexibility index (Phi) is 6.31. The lowest BCUT2D eigenvalue weighted by atomic mass is 9.93. The van der Waals surface area contributed by atoms with Gasteiger partial charge in [0.2, 0.25) is 0 Å². The molecule has 2 aromatic heterocycles. The van der Waals surface area contributed by atoms with Crippen molar-refractivity contribution in [1.82, 2.24) is 9.97 Å². The van der Waals surface area contributed by atoms with Gasteiger partial charge in [-0.25, -0.2) is 9.97 Å². The molecule has 1 aliphatic rings. The predicted molar refractivity (Wildman–Crippen MR) is 203 cm³/mol. The molecule has 0 spiro atoms. The molecule has 0 radical (unpaired) electrons. The summed E-state index contributed by atoms with van der Waals surface area (Å²) in [4.78, 5) is 10.4. The summed E-state index contributed by atoms with van der Waals surface area (Å²) in [5.74, 6) is 0.709. The molecule has 0 saturated carbocycles. The molecule has 3 heteroatoms. The number of para-hydroxylation sites is 1. The van der Waals surface area contributed by atoms with Crippen molar-refractivity contribution in [2.24, 2.45) is 0 Å². The monoisotopic (exact) mass is 626 g/mol. The molecule has 9 aromatic rings. The molecule has 230 valence electrons. The molecular formula is C46H30N2O. The maximum atomic E-state index is 6.57. The van der Waals surface area contributed by atoms with Crippen molar-refractivity contribution in [2.75, 3.05) is 0 Å². The molecular weight excluding hydrogens is 597 g/mol. The minimum atomic E-state index is 0.709. The zero-order valence-corrected chi connectivity index (χ0v) is 26.7. The van der Waals surface area contributed by atoms with Gasteiger partial charge in [-0.1, -0.05) is 127 Å².